The fourth-order valence-corrected chi connectivity index (χ4v) is 4.36. The smallest absolute Gasteiger partial charge is 0.338 e. The maximum absolute atomic E-state index is 13.1. The highest BCUT2D eigenvalue weighted by atomic mass is 19.1. The number of carbonyl (C=O) groups is 3. The number of esters is 1. The van der Waals surface area contributed by atoms with Crippen LogP contribution in [0.1, 0.15) is 24.1 Å². The molecule has 9 heteroatoms. The van der Waals surface area contributed by atoms with Crippen LogP contribution >= 0.6 is 0 Å². The van der Waals surface area contributed by atoms with Crippen molar-refractivity contribution in [2.45, 2.75) is 19.4 Å². The minimum Gasteiger partial charge on any atom is -0.463 e. The van der Waals surface area contributed by atoms with Crippen LogP contribution in [-0.2, 0) is 20.7 Å². The van der Waals surface area contributed by atoms with Gasteiger partial charge in [0.15, 0.2) is 0 Å². The van der Waals surface area contributed by atoms with Crippen LogP contribution in [0.3, 0.4) is 0 Å². The van der Waals surface area contributed by atoms with Crippen molar-refractivity contribution in [3.8, 4) is 0 Å². The first-order chi connectivity index (χ1) is 16.9. The Morgan fingerprint density at radius 1 is 1.03 bits per heavy atom. The summed E-state index contributed by atoms with van der Waals surface area (Å²) in [5.74, 6) is -0.815. The second kappa shape index (κ2) is 11.1. The SMILES string of the molecule is CCOC(=O)C1=C(CN2CCN(C(=O)Cc3ccc(F)cc3)CC2)NC(=O)NC1c1ccccc1. The van der Waals surface area contributed by atoms with Crippen LogP contribution in [0.5, 0.6) is 0 Å². The van der Waals surface area contributed by atoms with Crippen molar-refractivity contribution in [3.63, 3.8) is 0 Å². The van der Waals surface area contributed by atoms with Gasteiger partial charge < -0.3 is 20.3 Å². The molecule has 0 bridgehead atoms. The average Bonchev–Trinajstić information content (AvgIpc) is 2.86. The van der Waals surface area contributed by atoms with Gasteiger partial charge in [0.25, 0.3) is 0 Å². The van der Waals surface area contributed by atoms with Gasteiger partial charge in [-0.15, -0.1) is 0 Å². The summed E-state index contributed by atoms with van der Waals surface area (Å²) in [6, 6.07) is 14.3. The molecule has 0 aliphatic carbocycles. The van der Waals surface area contributed by atoms with E-state index in [9.17, 15) is 18.8 Å². The second-order valence-corrected chi connectivity index (χ2v) is 8.52. The second-order valence-electron chi connectivity index (χ2n) is 8.52. The lowest BCUT2D eigenvalue weighted by molar-refractivity contribution is -0.139. The molecular formula is C26H29FN4O4. The van der Waals surface area contributed by atoms with Gasteiger partial charge in [0.1, 0.15) is 5.82 Å². The maximum Gasteiger partial charge on any atom is 0.338 e. The van der Waals surface area contributed by atoms with Crippen LogP contribution in [0.2, 0.25) is 0 Å². The molecule has 3 amide bonds. The average molecular weight is 481 g/mol. The number of hydrogen-bond acceptors (Lipinski definition) is 5. The van der Waals surface area contributed by atoms with Crippen LogP contribution in [0.15, 0.2) is 65.9 Å². The van der Waals surface area contributed by atoms with E-state index in [2.05, 4.69) is 15.5 Å². The number of halogens is 1. The van der Waals surface area contributed by atoms with Gasteiger partial charge in [-0.2, -0.15) is 0 Å². The highest BCUT2D eigenvalue weighted by molar-refractivity contribution is 5.95. The lowest BCUT2D eigenvalue weighted by atomic mass is 9.95. The van der Waals surface area contributed by atoms with Crippen LogP contribution < -0.4 is 10.6 Å². The minimum atomic E-state index is -0.613. The summed E-state index contributed by atoms with van der Waals surface area (Å²) in [6.07, 6.45) is 0.221. The third-order valence-corrected chi connectivity index (χ3v) is 6.16. The third kappa shape index (κ3) is 6.05. The van der Waals surface area contributed by atoms with Crippen LogP contribution in [0, 0.1) is 5.82 Å². The molecule has 0 aromatic heterocycles. The highest BCUT2D eigenvalue weighted by Gasteiger charge is 2.34. The molecule has 2 N–H and O–H groups in total. The third-order valence-electron chi connectivity index (χ3n) is 6.16. The van der Waals surface area contributed by atoms with E-state index in [0.717, 1.165) is 11.1 Å². The van der Waals surface area contributed by atoms with E-state index in [4.69, 9.17) is 4.74 Å². The normalized spacial score (nSPS) is 18.6. The van der Waals surface area contributed by atoms with E-state index in [0.29, 0.717) is 44.0 Å². The van der Waals surface area contributed by atoms with Gasteiger partial charge in [-0.1, -0.05) is 42.5 Å². The van der Waals surface area contributed by atoms with Gasteiger partial charge in [0.05, 0.1) is 24.6 Å². The van der Waals surface area contributed by atoms with Gasteiger partial charge in [-0.25, -0.2) is 14.0 Å². The quantitative estimate of drug-likeness (QED) is 0.594. The van der Waals surface area contributed by atoms with E-state index in [-0.39, 0.29) is 30.8 Å². The first-order valence-corrected chi connectivity index (χ1v) is 11.7. The van der Waals surface area contributed by atoms with Crippen molar-refractivity contribution in [2.24, 2.45) is 0 Å². The molecule has 1 fully saturated rings. The Bertz CT molecular complexity index is 1100. The van der Waals surface area contributed by atoms with Gasteiger partial charge in [-0.3, -0.25) is 9.69 Å². The molecule has 1 saturated heterocycles. The lowest BCUT2D eigenvalue weighted by Crippen LogP contribution is -2.52. The molecule has 2 aliphatic rings. The van der Waals surface area contributed by atoms with Crippen LogP contribution in [0.4, 0.5) is 9.18 Å². The first-order valence-electron chi connectivity index (χ1n) is 11.7. The predicted molar refractivity (Wildman–Crippen MR) is 128 cm³/mol. The van der Waals surface area contributed by atoms with Crippen LogP contribution in [0.25, 0.3) is 0 Å². The summed E-state index contributed by atoms with van der Waals surface area (Å²) in [7, 11) is 0. The number of urea groups is 1. The molecule has 35 heavy (non-hydrogen) atoms. The Morgan fingerprint density at radius 2 is 1.71 bits per heavy atom. The van der Waals surface area contributed by atoms with E-state index < -0.39 is 12.0 Å². The molecule has 2 aromatic carbocycles. The van der Waals surface area contributed by atoms with Gasteiger partial charge in [0.2, 0.25) is 5.91 Å². The molecule has 2 aliphatic heterocycles. The zero-order valence-electron chi connectivity index (χ0n) is 19.6. The van der Waals surface area contributed by atoms with Gasteiger partial charge in [0, 0.05) is 38.4 Å². The molecule has 0 saturated carbocycles. The fourth-order valence-electron chi connectivity index (χ4n) is 4.36. The largest absolute Gasteiger partial charge is 0.463 e. The number of piperazine rings is 1. The standard InChI is InChI=1S/C26H29FN4O4/c1-2-35-25(33)23-21(28-26(34)29-24(23)19-6-4-3-5-7-19)17-30-12-14-31(15-13-30)22(32)16-18-8-10-20(27)11-9-18/h3-11,24H,2,12-17H2,1H3,(H2,28,29,34). The minimum absolute atomic E-state index is 0.0120. The first kappa shape index (κ1) is 24.4. The van der Waals surface area contributed by atoms with Crippen molar-refractivity contribution >= 4 is 17.9 Å². The van der Waals surface area contributed by atoms with Crippen molar-refractivity contribution < 1.29 is 23.5 Å². The summed E-state index contributed by atoms with van der Waals surface area (Å²) >= 11 is 0. The number of amides is 3. The zero-order valence-corrected chi connectivity index (χ0v) is 19.6. The highest BCUT2D eigenvalue weighted by Crippen LogP contribution is 2.28. The Labute approximate surface area is 203 Å². The summed E-state index contributed by atoms with van der Waals surface area (Å²) in [5, 5.41) is 5.63. The number of ether oxygens (including phenoxy) is 1. The van der Waals surface area contributed by atoms with Crippen molar-refractivity contribution in [1.82, 2.24) is 20.4 Å². The zero-order chi connectivity index (χ0) is 24.8. The van der Waals surface area contributed by atoms with Crippen molar-refractivity contribution in [2.75, 3.05) is 39.3 Å². The van der Waals surface area contributed by atoms with Crippen molar-refractivity contribution in [3.05, 3.63) is 82.8 Å². The molecule has 184 valence electrons. The molecule has 2 heterocycles. The summed E-state index contributed by atoms with van der Waals surface area (Å²) in [5.41, 5.74) is 2.45. The molecule has 4 rings (SSSR count). The fraction of sp³-hybridized carbons (Fsp3) is 0.346. The monoisotopic (exact) mass is 480 g/mol. The van der Waals surface area contributed by atoms with E-state index in [1.165, 1.54) is 12.1 Å². The van der Waals surface area contributed by atoms with E-state index >= 15 is 0 Å². The molecule has 1 unspecified atom stereocenters. The van der Waals surface area contributed by atoms with Crippen molar-refractivity contribution in [1.29, 1.82) is 0 Å². The molecular weight excluding hydrogens is 451 g/mol. The number of carbonyl (C=O) groups excluding carboxylic acids is 3. The molecule has 0 radical (unpaired) electrons. The number of hydrogen-bond donors (Lipinski definition) is 2. The number of benzene rings is 2. The molecule has 2 aromatic rings. The Balaban J connectivity index is 1.45. The van der Waals surface area contributed by atoms with E-state index in [1.807, 2.05) is 30.3 Å². The maximum atomic E-state index is 13.1. The van der Waals surface area contributed by atoms with Gasteiger partial charge in [-0.05, 0) is 30.2 Å². The van der Waals surface area contributed by atoms with E-state index in [1.54, 1.807) is 24.0 Å². The summed E-state index contributed by atoms with van der Waals surface area (Å²) in [6.45, 7) is 4.55. The number of rotatable bonds is 7. The number of nitrogens with zero attached hydrogens (tertiary/aromatic N) is 2. The topological polar surface area (TPSA) is 91.0 Å². The van der Waals surface area contributed by atoms with Gasteiger partial charge >= 0.3 is 12.0 Å². The summed E-state index contributed by atoms with van der Waals surface area (Å²) in [4.78, 5) is 41.9. The molecule has 8 nitrogen and oxygen atoms in total. The molecule has 0 spiro atoms. The lowest BCUT2D eigenvalue weighted by Gasteiger charge is -2.37. The number of nitrogens with one attached hydrogen (secondary N) is 2. The Hall–Kier alpha value is -3.72. The Morgan fingerprint density at radius 3 is 2.37 bits per heavy atom. The molecule has 1 atom stereocenters. The summed E-state index contributed by atoms with van der Waals surface area (Å²) < 4.78 is 18.4. The Kier molecular flexibility index (Phi) is 7.77. The van der Waals surface area contributed by atoms with Crippen LogP contribution in [-0.4, -0.2) is 67.0 Å². The predicted octanol–water partition coefficient (Wildman–Crippen LogP) is 2.38.